The summed E-state index contributed by atoms with van der Waals surface area (Å²) in [5, 5.41) is 3.32. The quantitative estimate of drug-likeness (QED) is 0.840. The summed E-state index contributed by atoms with van der Waals surface area (Å²) in [7, 11) is 0. The fourth-order valence-corrected chi connectivity index (χ4v) is 1.69. The van der Waals surface area contributed by atoms with E-state index in [1.807, 2.05) is 19.1 Å². The van der Waals surface area contributed by atoms with Crippen molar-refractivity contribution in [3.05, 3.63) is 24.0 Å². The highest BCUT2D eigenvalue weighted by atomic mass is 35.5. The molecule has 1 aliphatic heterocycles. The largest absolute Gasteiger partial charge is 0.488 e. The number of aryl methyl sites for hydroxylation is 1. The van der Waals surface area contributed by atoms with Gasteiger partial charge in [0.05, 0.1) is 5.69 Å². The number of nitrogens with zero attached hydrogens (tertiary/aromatic N) is 1. The molecule has 2 heterocycles. The zero-order valence-electron chi connectivity index (χ0n) is 8.90. The zero-order valence-corrected chi connectivity index (χ0v) is 9.72. The highest BCUT2D eigenvalue weighted by Gasteiger charge is 2.15. The maximum Gasteiger partial charge on any atom is 0.140 e. The molecule has 0 atom stereocenters. The van der Waals surface area contributed by atoms with Crippen LogP contribution in [0.1, 0.15) is 18.5 Å². The number of piperidine rings is 1. The molecule has 1 aromatic heterocycles. The SMILES string of the molecule is Cc1ncccc1OC1CCNCC1.Cl. The second kappa shape index (κ2) is 5.93. The normalized spacial score (nSPS) is 16.9. The van der Waals surface area contributed by atoms with Crippen molar-refractivity contribution >= 4 is 12.4 Å². The van der Waals surface area contributed by atoms with Gasteiger partial charge in [0.2, 0.25) is 0 Å². The Kier molecular flexibility index (Phi) is 4.85. The van der Waals surface area contributed by atoms with E-state index in [-0.39, 0.29) is 12.4 Å². The van der Waals surface area contributed by atoms with Crippen LogP contribution >= 0.6 is 12.4 Å². The van der Waals surface area contributed by atoms with E-state index in [1.54, 1.807) is 6.20 Å². The Bertz CT molecular complexity index is 300. The van der Waals surface area contributed by atoms with Crippen LogP contribution in [-0.2, 0) is 0 Å². The molecule has 1 N–H and O–H groups in total. The first kappa shape index (κ1) is 12.3. The van der Waals surface area contributed by atoms with E-state index < -0.39 is 0 Å². The smallest absolute Gasteiger partial charge is 0.140 e. The molecule has 0 bridgehead atoms. The van der Waals surface area contributed by atoms with Crippen molar-refractivity contribution in [1.29, 1.82) is 0 Å². The third-order valence-corrected chi connectivity index (χ3v) is 2.54. The van der Waals surface area contributed by atoms with Gasteiger partial charge in [-0.2, -0.15) is 0 Å². The van der Waals surface area contributed by atoms with Crippen LogP contribution in [0, 0.1) is 6.92 Å². The first-order valence-electron chi connectivity index (χ1n) is 5.15. The van der Waals surface area contributed by atoms with Gasteiger partial charge in [-0.3, -0.25) is 4.98 Å². The minimum Gasteiger partial charge on any atom is -0.488 e. The minimum atomic E-state index is 0. The minimum absolute atomic E-state index is 0. The van der Waals surface area contributed by atoms with E-state index in [4.69, 9.17) is 4.74 Å². The summed E-state index contributed by atoms with van der Waals surface area (Å²) in [4.78, 5) is 4.20. The van der Waals surface area contributed by atoms with Crippen LogP contribution in [0.2, 0.25) is 0 Å². The van der Waals surface area contributed by atoms with Crippen LogP contribution in [0.25, 0.3) is 0 Å². The lowest BCUT2D eigenvalue weighted by atomic mass is 10.1. The Morgan fingerprint density at radius 2 is 2.13 bits per heavy atom. The zero-order chi connectivity index (χ0) is 9.80. The third kappa shape index (κ3) is 3.36. The maximum atomic E-state index is 5.88. The predicted molar refractivity (Wildman–Crippen MR) is 62.7 cm³/mol. The first-order valence-corrected chi connectivity index (χ1v) is 5.15. The van der Waals surface area contributed by atoms with Crippen molar-refractivity contribution in [3.63, 3.8) is 0 Å². The van der Waals surface area contributed by atoms with Crippen LogP contribution < -0.4 is 10.1 Å². The Hall–Kier alpha value is -0.800. The molecule has 15 heavy (non-hydrogen) atoms. The summed E-state index contributed by atoms with van der Waals surface area (Å²) in [6.45, 7) is 4.10. The molecule has 0 amide bonds. The van der Waals surface area contributed by atoms with Crippen LogP contribution in [0.15, 0.2) is 18.3 Å². The lowest BCUT2D eigenvalue weighted by Gasteiger charge is -2.24. The van der Waals surface area contributed by atoms with Gasteiger partial charge in [0.15, 0.2) is 0 Å². The molecule has 0 aromatic carbocycles. The molecule has 0 aliphatic carbocycles. The summed E-state index contributed by atoms with van der Waals surface area (Å²) >= 11 is 0. The van der Waals surface area contributed by atoms with Crippen LogP contribution in [0.3, 0.4) is 0 Å². The van der Waals surface area contributed by atoms with Crippen molar-refractivity contribution in [2.24, 2.45) is 0 Å². The standard InChI is InChI=1S/C11H16N2O.ClH/c1-9-11(3-2-6-13-9)14-10-4-7-12-8-5-10;/h2-3,6,10,12H,4-5,7-8H2,1H3;1H. The van der Waals surface area contributed by atoms with Crippen LogP contribution in [-0.4, -0.2) is 24.2 Å². The van der Waals surface area contributed by atoms with Crippen LogP contribution in [0.4, 0.5) is 0 Å². The van der Waals surface area contributed by atoms with E-state index in [2.05, 4.69) is 10.3 Å². The third-order valence-electron chi connectivity index (χ3n) is 2.54. The second-order valence-corrected chi connectivity index (χ2v) is 3.65. The van der Waals surface area contributed by atoms with E-state index in [1.165, 1.54) is 0 Å². The maximum absolute atomic E-state index is 5.88. The molecular formula is C11H17ClN2O. The van der Waals surface area contributed by atoms with Gasteiger partial charge >= 0.3 is 0 Å². The van der Waals surface area contributed by atoms with Gasteiger partial charge in [-0.15, -0.1) is 12.4 Å². The fourth-order valence-electron chi connectivity index (χ4n) is 1.69. The van der Waals surface area contributed by atoms with Gasteiger partial charge in [-0.25, -0.2) is 0 Å². The van der Waals surface area contributed by atoms with Crippen LogP contribution in [0.5, 0.6) is 5.75 Å². The summed E-state index contributed by atoms with van der Waals surface area (Å²) in [6, 6.07) is 3.91. The number of hydrogen-bond donors (Lipinski definition) is 1. The van der Waals surface area contributed by atoms with Gasteiger partial charge in [0, 0.05) is 6.20 Å². The van der Waals surface area contributed by atoms with Crippen molar-refractivity contribution in [3.8, 4) is 5.75 Å². The highest BCUT2D eigenvalue weighted by molar-refractivity contribution is 5.85. The number of ether oxygens (including phenoxy) is 1. The lowest BCUT2D eigenvalue weighted by molar-refractivity contribution is 0.161. The number of pyridine rings is 1. The van der Waals surface area contributed by atoms with E-state index >= 15 is 0 Å². The van der Waals surface area contributed by atoms with E-state index in [0.29, 0.717) is 6.10 Å². The van der Waals surface area contributed by atoms with E-state index in [9.17, 15) is 0 Å². The summed E-state index contributed by atoms with van der Waals surface area (Å²) in [5.74, 6) is 0.930. The molecule has 2 rings (SSSR count). The van der Waals surface area contributed by atoms with Gasteiger partial charge in [0.1, 0.15) is 11.9 Å². The molecule has 0 saturated carbocycles. The molecule has 0 unspecified atom stereocenters. The fraction of sp³-hybridized carbons (Fsp3) is 0.545. The molecule has 4 heteroatoms. The molecular weight excluding hydrogens is 212 g/mol. The van der Waals surface area contributed by atoms with Crippen molar-refractivity contribution in [1.82, 2.24) is 10.3 Å². The van der Waals surface area contributed by atoms with E-state index in [0.717, 1.165) is 37.4 Å². The highest BCUT2D eigenvalue weighted by Crippen LogP contribution is 2.18. The van der Waals surface area contributed by atoms with Gasteiger partial charge in [0.25, 0.3) is 0 Å². The summed E-state index contributed by atoms with van der Waals surface area (Å²) in [6.07, 6.45) is 4.34. The lowest BCUT2D eigenvalue weighted by Crippen LogP contribution is -2.34. The predicted octanol–water partition coefficient (Wildman–Crippen LogP) is 1.94. The molecule has 0 spiro atoms. The summed E-state index contributed by atoms with van der Waals surface area (Å²) in [5.41, 5.74) is 0.978. The summed E-state index contributed by atoms with van der Waals surface area (Å²) < 4.78 is 5.88. The molecule has 84 valence electrons. The number of hydrogen-bond acceptors (Lipinski definition) is 3. The van der Waals surface area contributed by atoms with Crippen molar-refractivity contribution in [2.45, 2.75) is 25.9 Å². The molecule has 1 aromatic rings. The number of nitrogens with one attached hydrogen (secondary N) is 1. The first-order chi connectivity index (χ1) is 6.86. The monoisotopic (exact) mass is 228 g/mol. The van der Waals surface area contributed by atoms with Crippen molar-refractivity contribution in [2.75, 3.05) is 13.1 Å². The average molecular weight is 229 g/mol. The Morgan fingerprint density at radius 1 is 1.40 bits per heavy atom. The average Bonchev–Trinajstić information content (AvgIpc) is 2.23. The second-order valence-electron chi connectivity index (χ2n) is 3.65. The topological polar surface area (TPSA) is 34.1 Å². The van der Waals surface area contributed by atoms with Crippen molar-refractivity contribution < 1.29 is 4.74 Å². The van der Waals surface area contributed by atoms with Gasteiger partial charge in [-0.05, 0) is 45.0 Å². The Balaban J connectivity index is 0.00000112. The molecule has 1 aliphatic rings. The number of rotatable bonds is 2. The Morgan fingerprint density at radius 3 is 2.80 bits per heavy atom. The van der Waals surface area contributed by atoms with Gasteiger partial charge in [-0.1, -0.05) is 0 Å². The molecule has 1 saturated heterocycles. The molecule has 0 radical (unpaired) electrons. The molecule has 3 nitrogen and oxygen atoms in total. The van der Waals surface area contributed by atoms with Gasteiger partial charge < -0.3 is 10.1 Å². The number of aromatic nitrogens is 1. The molecule has 1 fully saturated rings. The Labute approximate surface area is 96.7 Å². The number of halogens is 1.